The molecule has 0 fully saturated rings. The van der Waals surface area contributed by atoms with Gasteiger partial charge in [-0.05, 0) is 19.4 Å². The largest absolute Gasteiger partial charge is 0.462 e. The molecular formula is C15H13N5O2. The number of carbonyl (C=O) groups excluding carboxylic acids is 1. The molecule has 0 amide bonds. The molecule has 3 aromatic heterocycles. The van der Waals surface area contributed by atoms with Gasteiger partial charge in [-0.25, -0.2) is 14.3 Å². The van der Waals surface area contributed by atoms with Gasteiger partial charge in [0.05, 0.1) is 41.5 Å². The molecule has 0 bridgehead atoms. The minimum Gasteiger partial charge on any atom is -0.462 e. The monoisotopic (exact) mass is 295 g/mol. The van der Waals surface area contributed by atoms with Crippen molar-refractivity contribution >= 4 is 11.5 Å². The van der Waals surface area contributed by atoms with Crippen molar-refractivity contribution in [3.05, 3.63) is 47.8 Å². The molecule has 0 aromatic carbocycles. The Morgan fingerprint density at radius 1 is 1.50 bits per heavy atom. The van der Waals surface area contributed by atoms with Crippen molar-refractivity contribution in [2.45, 2.75) is 13.8 Å². The van der Waals surface area contributed by atoms with Crippen LogP contribution in [0.4, 0.5) is 0 Å². The number of imidazole rings is 1. The first-order valence-electron chi connectivity index (χ1n) is 6.73. The van der Waals surface area contributed by atoms with Crippen molar-refractivity contribution in [3.8, 4) is 11.8 Å². The molecule has 0 aliphatic heterocycles. The number of nitriles is 1. The summed E-state index contributed by atoms with van der Waals surface area (Å²) < 4.78 is 8.38. The van der Waals surface area contributed by atoms with Crippen LogP contribution in [0, 0.1) is 18.3 Å². The third-order valence-electron chi connectivity index (χ3n) is 3.41. The normalized spacial score (nSPS) is 10.6. The van der Waals surface area contributed by atoms with Gasteiger partial charge in [0.1, 0.15) is 6.07 Å². The fourth-order valence-corrected chi connectivity index (χ4v) is 2.42. The number of fused-ring (bicyclic) bond motifs is 1. The van der Waals surface area contributed by atoms with E-state index in [-0.39, 0.29) is 0 Å². The Labute approximate surface area is 126 Å². The van der Waals surface area contributed by atoms with Gasteiger partial charge in [0.25, 0.3) is 0 Å². The van der Waals surface area contributed by atoms with Crippen molar-refractivity contribution in [1.82, 2.24) is 19.2 Å². The van der Waals surface area contributed by atoms with Crippen LogP contribution in [0.3, 0.4) is 0 Å². The van der Waals surface area contributed by atoms with Crippen molar-refractivity contribution in [3.63, 3.8) is 0 Å². The summed E-state index contributed by atoms with van der Waals surface area (Å²) in [6.07, 6.45) is 8.06. The summed E-state index contributed by atoms with van der Waals surface area (Å²) in [6, 6.07) is 2.13. The highest BCUT2D eigenvalue weighted by Gasteiger charge is 2.20. The van der Waals surface area contributed by atoms with Crippen LogP contribution < -0.4 is 0 Å². The van der Waals surface area contributed by atoms with Gasteiger partial charge in [0, 0.05) is 18.6 Å². The summed E-state index contributed by atoms with van der Waals surface area (Å²) >= 11 is 0. The lowest BCUT2D eigenvalue weighted by atomic mass is 10.1. The zero-order valence-corrected chi connectivity index (χ0v) is 12.1. The van der Waals surface area contributed by atoms with Crippen LogP contribution >= 0.6 is 0 Å². The maximum atomic E-state index is 12.0. The number of hydrogen-bond acceptors (Lipinski definition) is 5. The number of hydrogen-bond donors (Lipinski definition) is 0. The Hall–Kier alpha value is -3.14. The molecule has 7 heteroatoms. The SMILES string of the molecule is CCOC(=O)c1cn2ncc(C#N)c(-n3ccnc3)c2c1C. The Kier molecular flexibility index (Phi) is 3.35. The maximum Gasteiger partial charge on any atom is 0.340 e. The van der Waals surface area contributed by atoms with Crippen LogP contribution in [0.2, 0.25) is 0 Å². The summed E-state index contributed by atoms with van der Waals surface area (Å²) in [4.78, 5) is 16.1. The second-order valence-corrected chi connectivity index (χ2v) is 4.67. The van der Waals surface area contributed by atoms with Crippen molar-refractivity contribution in [2.24, 2.45) is 0 Å². The first kappa shape index (κ1) is 13.8. The van der Waals surface area contributed by atoms with Gasteiger partial charge in [-0.3, -0.25) is 0 Å². The number of aryl methyl sites for hydroxylation is 1. The average Bonchev–Trinajstić information content (AvgIpc) is 3.15. The fourth-order valence-electron chi connectivity index (χ4n) is 2.42. The average molecular weight is 295 g/mol. The smallest absolute Gasteiger partial charge is 0.340 e. The Bertz CT molecular complexity index is 887. The summed E-state index contributed by atoms with van der Waals surface area (Å²) in [5, 5.41) is 13.5. The molecule has 22 heavy (non-hydrogen) atoms. The van der Waals surface area contributed by atoms with Crippen molar-refractivity contribution in [2.75, 3.05) is 6.61 Å². The zero-order chi connectivity index (χ0) is 15.7. The van der Waals surface area contributed by atoms with E-state index >= 15 is 0 Å². The predicted molar refractivity (Wildman–Crippen MR) is 77.7 cm³/mol. The summed E-state index contributed by atoms with van der Waals surface area (Å²) in [6.45, 7) is 3.87. The number of rotatable bonds is 3. The van der Waals surface area contributed by atoms with Gasteiger partial charge >= 0.3 is 5.97 Å². The lowest BCUT2D eigenvalue weighted by Crippen LogP contribution is -2.04. The number of carbonyl (C=O) groups is 1. The standard InChI is InChI=1S/C15H13N5O2/c1-3-22-15(21)12-8-20-13(10(12)2)14(11(6-16)7-18-20)19-5-4-17-9-19/h4-5,7-9H,3H2,1-2H3. The molecule has 0 spiro atoms. The van der Waals surface area contributed by atoms with Crippen LogP contribution in [0.25, 0.3) is 11.2 Å². The van der Waals surface area contributed by atoms with Crippen LogP contribution in [0.15, 0.2) is 31.1 Å². The van der Waals surface area contributed by atoms with E-state index in [0.29, 0.717) is 34.5 Å². The highest BCUT2D eigenvalue weighted by molar-refractivity contribution is 5.95. The Morgan fingerprint density at radius 2 is 2.32 bits per heavy atom. The third kappa shape index (κ3) is 2.02. The molecule has 3 rings (SSSR count). The topological polar surface area (TPSA) is 85.2 Å². The van der Waals surface area contributed by atoms with Crippen LogP contribution in [-0.2, 0) is 4.74 Å². The molecule has 3 aromatic rings. The minimum absolute atomic E-state index is 0.301. The molecule has 7 nitrogen and oxygen atoms in total. The molecule has 0 atom stereocenters. The van der Waals surface area contributed by atoms with Gasteiger partial charge in [0.15, 0.2) is 0 Å². The second-order valence-electron chi connectivity index (χ2n) is 4.67. The quantitative estimate of drug-likeness (QED) is 0.689. The first-order valence-corrected chi connectivity index (χ1v) is 6.73. The van der Waals surface area contributed by atoms with E-state index in [1.54, 1.807) is 40.9 Å². The fraction of sp³-hybridized carbons (Fsp3) is 0.200. The molecular weight excluding hydrogens is 282 g/mol. The van der Waals surface area contributed by atoms with Gasteiger partial charge < -0.3 is 9.30 Å². The summed E-state index contributed by atoms with van der Waals surface area (Å²) in [7, 11) is 0. The molecule has 0 aliphatic rings. The van der Waals surface area contributed by atoms with Gasteiger partial charge in [-0.1, -0.05) is 0 Å². The van der Waals surface area contributed by atoms with E-state index in [1.165, 1.54) is 6.20 Å². The van der Waals surface area contributed by atoms with E-state index in [2.05, 4.69) is 16.2 Å². The number of aromatic nitrogens is 4. The molecule has 3 heterocycles. The van der Waals surface area contributed by atoms with Crippen molar-refractivity contribution < 1.29 is 9.53 Å². The Balaban J connectivity index is 2.33. The molecule has 0 saturated heterocycles. The molecule has 0 saturated carbocycles. The second kappa shape index (κ2) is 5.33. The summed E-state index contributed by atoms with van der Waals surface area (Å²) in [5.41, 5.74) is 2.88. The molecule has 0 radical (unpaired) electrons. The van der Waals surface area contributed by atoms with E-state index in [9.17, 15) is 10.1 Å². The van der Waals surface area contributed by atoms with E-state index < -0.39 is 5.97 Å². The lowest BCUT2D eigenvalue weighted by molar-refractivity contribution is 0.0525. The van der Waals surface area contributed by atoms with Crippen molar-refractivity contribution in [1.29, 1.82) is 5.26 Å². The van der Waals surface area contributed by atoms with E-state index in [0.717, 1.165) is 0 Å². The summed E-state index contributed by atoms with van der Waals surface area (Å²) in [5.74, 6) is -0.402. The van der Waals surface area contributed by atoms with Gasteiger partial charge in [-0.15, -0.1) is 0 Å². The van der Waals surface area contributed by atoms with E-state index in [1.807, 2.05) is 6.92 Å². The molecule has 0 N–H and O–H groups in total. The Morgan fingerprint density at radius 3 is 2.95 bits per heavy atom. The maximum absolute atomic E-state index is 12.0. The first-order chi connectivity index (χ1) is 10.7. The molecule has 0 unspecified atom stereocenters. The number of ether oxygens (including phenoxy) is 1. The highest BCUT2D eigenvalue weighted by Crippen LogP contribution is 2.26. The van der Waals surface area contributed by atoms with Gasteiger partial charge in [-0.2, -0.15) is 10.4 Å². The minimum atomic E-state index is -0.402. The third-order valence-corrected chi connectivity index (χ3v) is 3.41. The predicted octanol–water partition coefficient (Wildman–Crippen LogP) is 1.88. The number of esters is 1. The van der Waals surface area contributed by atoms with Crippen LogP contribution in [-0.4, -0.2) is 31.7 Å². The lowest BCUT2D eigenvalue weighted by Gasteiger charge is -2.08. The van der Waals surface area contributed by atoms with Crippen LogP contribution in [0.5, 0.6) is 0 Å². The molecule has 0 aliphatic carbocycles. The van der Waals surface area contributed by atoms with Crippen LogP contribution in [0.1, 0.15) is 28.4 Å². The van der Waals surface area contributed by atoms with Gasteiger partial charge in [0.2, 0.25) is 0 Å². The zero-order valence-electron chi connectivity index (χ0n) is 12.1. The molecule has 110 valence electrons. The highest BCUT2D eigenvalue weighted by atomic mass is 16.5. The number of nitrogens with zero attached hydrogens (tertiary/aromatic N) is 5. The van der Waals surface area contributed by atoms with E-state index in [4.69, 9.17) is 4.74 Å².